The smallest absolute Gasteiger partial charge is 0.191 e. The second-order valence-electron chi connectivity index (χ2n) is 7.41. The monoisotopic (exact) mass is 401 g/mol. The minimum atomic E-state index is -1.67. The van der Waals surface area contributed by atoms with E-state index in [1.807, 2.05) is 19.2 Å². The van der Waals surface area contributed by atoms with E-state index in [2.05, 4.69) is 29.7 Å². The second kappa shape index (κ2) is 8.33. The van der Waals surface area contributed by atoms with Gasteiger partial charge >= 0.3 is 0 Å². The summed E-state index contributed by atoms with van der Waals surface area (Å²) < 4.78 is 11.1. The number of benzene rings is 1. The van der Waals surface area contributed by atoms with Crippen molar-refractivity contribution >= 4 is 0 Å². The van der Waals surface area contributed by atoms with Gasteiger partial charge in [-0.1, -0.05) is 24.8 Å². The number of methoxy groups -OCH3 is 1. The highest BCUT2D eigenvalue weighted by Crippen LogP contribution is 2.54. The van der Waals surface area contributed by atoms with Gasteiger partial charge in [-0.15, -0.1) is 0 Å². The molecule has 3 rings (SSSR count). The average molecular weight is 401 g/mol. The maximum absolute atomic E-state index is 10.1. The second-order valence-corrected chi connectivity index (χ2v) is 7.41. The van der Waals surface area contributed by atoms with Gasteiger partial charge in [-0.25, -0.2) is 0 Å². The Balaban J connectivity index is 2.25. The SMILES string of the molecule is C=CCOc1ccc([C@@H]2[C@@H]3CN(C)CC=C3C(C#N)=C(N)C2(C#N)C#N)cc1OC. The van der Waals surface area contributed by atoms with E-state index < -0.39 is 11.3 Å². The van der Waals surface area contributed by atoms with Gasteiger partial charge in [-0.3, -0.25) is 0 Å². The minimum absolute atomic E-state index is 0.0120. The third kappa shape index (κ3) is 3.18. The largest absolute Gasteiger partial charge is 0.493 e. The molecule has 7 nitrogen and oxygen atoms in total. The first-order valence-electron chi connectivity index (χ1n) is 9.50. The molecular weight excluding hydrogens is 378 g/mol. The number of allylic oxidation sites excluding steroid dienone is 2. The molecule has 152 valence electrons. The summed E-state index contributed by atoms with van der Waals surface area (Å²) >= 11 is 0. The minimum Gasteiger partial charge on any atom is -0.493 e. The number of ether oxygens (including phenoxy) is 2. The molecule has 7 heteroatoms. The van der Waals surface area contributed by atoms with E-state index in [4.69, 9.17) is 15.2 Å². The average Bonchev–Trinajstić information content (AvgIpc) is 2.77. The first-order chi connectivity index (χ1) is 14.5. The van der Waals surface area contributed by atoms with Crippen LogP contribution in [0.1, 0.15) is 11.5 Å². The molecule has 1 aliphatic heterocycles. The molecule has 0 radical (unpaired) electrons. The molecule has 0 saturated heterocycles. The maximum Gasteiger partial charge on any atom is 0.191 e. The van der Waals surface area contributed by atoms with Gasteiger partial charge in [-0.2, -0.15) is 15.8 Å². The Morgan fingerprint density at radius 2 is 2.03 bits per heavy atom. The Bertz CT molecular complexity index is 1040. The molecule has 0 spiro atoms. The number of rotatable bonds is 5. The van der Waals surface area contributed by atoms with Gasteiger partial charge in [-0.05, 0) is 30.3 Å². The Morgan fingerprint density at radius 1 is 1.30 bits per heavy atom. The lowest BCUT2D eigenvalue weighted by Crippen LogP contribution is -2.47. The summed E-state index contributed by atoms with van der Waals surface area (Å²) in [6.07, 6.45) is 3.60. The van der Waals surface area contributed by atoms with Crippen molar-refractivity contribution in [3.05, 3.63) is 59.3 Å². The summed E-state index contributed by atoms with van der Waals surface area (Å²) in [5.41, 5.74) is 6.43. The number of nitrogens with two attached hydrogens (primary N) is 1. The molecule has 30 heavy (non-hydrogen) atoms. The van der Waals surface area contributed by atoms with Crippen LogP contribution < -0.4 is 15.2 Å². The van der Waals surface area contributed by atoms with Crippen LogP contribution in [0.5, 0.6) is 11.5 Å². The zero-order chi connectivity index (χ0) is 21.9. The number of likely N-dealkylation sites (N-methyl/N-ethyl adjacent to an activating group) is 1. The lowest BCUT2D eigenvalue weighted by molar-refractivity contribution is 0.237. The summed E-state index contributed by atoms with van der Waals surface area (Å²) in [5, 5.41) is 30.0. The van der Waals surface area contributed by atoms with Crippen molar-refractivity contribution in [2.24, 2.45) is 17.1 Å². The van der Waals surface area contributed by atoms with Crippen LogP contribution >= 0.6 is 0 Å². The molecule has 0 fully saturated rings. The number of nitrogens with zero attached hydrogens (tertiary/aromatic N) is 4. The molecule has 0 aromatic heterocycles. The third-order valence-corrected chi connectivity index (χ3v) is 5.75. The first-order valence-corrected chi connectivity index (χ1v) is 9.50. The molecule has 2 aliphatic rings. The standard InChI is InChI=1S/C23H23N5O2/c1-4-9-30-19-6-5-15(10-20(19)29-3)21-18-12-28(2)8-7-16(18)17(11-24)22(27)23(21,13-25)14-26/h4-7,10,18,21H,1,8-9,12,27H2,2-3H3/t18-,21-/m1/s1. The van der Waals surface area contributed by atoms with Gasteiger partial charge in [0.15, 0.2) is 16.9 Å². The Morgan fingerprint density at radius 3 is 2.63 bits per heavy atom. The quantitative estimate of drug-likeness (QED) is 0.753. The molecule has 1 aliphatic carbocycles. The third-order valence-electron chi connectivity index (χ3n) is 5.75. The van der Waals surface area contributed by atoms with Crippen molar-refractivity contribution in [2.75, 3.05) is 33.9 Å². The molecule has 0 saturated carbocycles. The Hall–Kier alpha value is -3.73. The normalized spacial score (nSPS) is 22.6. The molecule has 2 N–H and O–H groups in total. The van der Waals surface area contributed by atoms with Crippen molar-refractivity contribution in [2.45, 2.75) is 5.92 Å². The summed E-state index contributed by atoms with van der Waals surface area (Å²) in [6, 6.07) is 11.8. The Labute approximate surface area is 176 Å². The molecule has 0 amide bonds. The van der Waals surface area contributed by atoms with Crippen molar-refractivity contribution in [3.8, 4) is 29.7 Å². The van der Waals surface area contributed by atoms with E-state index in [1.165, 1.54) is 7.11 Å². The lowest BCUT2D eigenvalue weighted by Gasteiger charge is -2.45. The van der Waals surface area contributed by atoms with Gasteiger partial charge < -0.3 is 20.1 Å². The topological polar surface area (TPSA) is 119 Å². The summed E-state index contributed by atoms with van der Waals surface area (Å²) in [7, 11) is 3.50. The van der Waals surface area contributed by atoms with Crippen molar-refractivity contribution in [1.82, 2.24) is 4.90 Å². The Kier molecular flexibility index (Phi) is 5.83. The summed E-state index contributed by atoms with van der Waals surface area (Å²) in [5.74, 6) is 0.215. The van der Waals surface area contributed by atoms with Crippen LogP contribution in [0.3, 0.4) is 0 Å². The van der Waals surface area contributed by atoms with Crippen LogP contribution in [-0.4, -0.2) is 38.8 Å². The number of fused-ring (bicyclic) bond motifs is 1. The van der Waals surface area contributed by atoms with E-state index in [1.54, 1.807) is 18.2 Å². The highest BCUT2D eigenvalue weighted by atomic mass is 16.5. The highest BCUT2D eigenvalue weighted by Gasteiger charge is 2.54. The van der Waals surface area contributed by atoms with Crippen LogP contribution in [0.15, 0.2) is 53.8 Å². The van der Waals surface area contributed by atoms with Crippen molar-refractivity contribution in [1.29, 1.82) is 15.8 Å². The number of hydrogen-bond donors (Lipinski definition) is 1. The summed E-state index contributed by atoms with van der Waals surface area (Å²) in [4.78, 5) is 2.09. The van der Waals surface area contributed by atoms with Gasteiger partial charge in [0, 0.05) is 24.9 Å². The van der Waals surface area contributed by atoms with Crippen molar-refractivity contribution in [3.63, 3.8) is 0 Å². The van der Waals surface area contributed by atoms with Crippen LogP contribution in [0.25, 0.3) is 0 Å². The van der Waals surface area contributed by atoms with Crippen LogP contribution in [0.4, 0.5) is 0 Å². The molecule has 1 aromatic rings. The van der Waals surface area contributed by atoms with Crippen molar-refractivity contribution < 1.29 is 9.47 Å². The van der Waals surface area contributed by atoms with Crippen LogP contribution in [0.2, 0.25) is 0 Å². The predicted octanol–water partition coefficient (Wildman–Crippen LogP) is 2.62. The predicted molar refractivity (Wildman–Crippen MR) is 111 cm³/mol. The van der Waals surface area contributed by atoms with E-state index in [0.717, 1.165) is 11.1 Å². The fraction of sp³-hybridized carbons (Fsp3) is 0.348. The zero-order valence-electron chi connectivity index (χ0n) is 17.1. The highest BCUT2D eigenvalue weighted by molar-refractivity contribution is 5.60. The molecule has 1 aromatic carbocycles. The fourth-order valence-corrected chi connectivity index (χ4v) is 4.35. The van der Waals surface area contributed by atoms with E-state index in [9.17, 15) is 15.8 Å². The fourth-order valence-electron chi connectivity index (χ4n) is 4.35. The molecule has 0 bridgehead atoms. The first kappa shape index (κ1) is 21.0. The number of hydrogen-bond acceptors (Lipinski definition) is 7. The van der Waals surface area contributed by atoms with E-state index in [-0.39, 0.29) is 17.2 Å². The van der Waals surface area contributed by atoms with Gasteiger partial charge in [0.05, 0.1) is 30.5 Å². The molecule has 1 heterocycles. The zero-order valence-corrected chi connectivity index (χ0v) is 17.1. The molecule has 0 unspecified atom stereocenters. The molecule has 2 atom stereocenters. The van der Waals surface area contributed by atoms with Gasteiger partial charge in [0.25, 0.3) is 0 Å². The van der Waals surface area contributed by atoms with Gasteiger partial charge in [0.1, 0.15) is 12.7 Å². The van der Waals surface area contributed by atoms with Gasteiger partial charge in [0.2, 0.25) is 0 Å². The van der Waals surface area contributed by atoms with E-state index >= 15 is 0 Å². The lowest BCUT2D eigenvalue weighted by atomic mass is 9.58. The summed E-state index contributed by atoms with van der Waals surface area (Å²) in [6.45, 7) is 5.23. The van der Waals surface area contributed by atoms with Crippen LogP contribution in [0, 0.1) is 45.3 Å². The number of nitriles is 3. The van der Waals surface area contributed by atoms with Crippen LogP contribution in [-0.2, 0) is 0 Å². The molecular formula is C23H23N5O2. The van der Waals surface area contributed by atoms with E-state index in [0.29, 0.717) is 31.2 Å². The maximum atomic E-state index is 10.1.